The van der Waals surface area contributed by atoms with E-state index in [-0.39, 0.29) is 28.2 Å². The molecule has 0 spiro atoms. The van der Waals surface area contributed by atoms with Crippen LogP contribution >= 0.6 is 35.0 Å². The molecule has 0 unspecified atom stereocenters. The van der Waals surface area contributed by atoms with Gasteiger partial charge in [-0.25, -0.2) is 4.79 Å². The monoisotopic (exact) mass is 521 g/mol. The number of aromatic carboxylic acids is 1. The largest absolute Gasteiger partial charge is 0.478 e. The Morgan fingerprint density at radius 1 is 1.15 bits per heavy atom. The Hall–Kier alpha value is -3.08. The first kappa shape index (κ1) is 25.5. The molecule has 1 heterocycles. The summed E-state index contributed by atoms with van der Waals surface area (Å²) in [4.78, 5) is 36.1. The first-order valence-electron chi connectivity index (χ1n) is 10.1. The zero-order valence-electron chi connectivity index (χ0n) is 18.2. The highest BCUT2D eigenvalue weighted by molar-refractivity contribution is 7.99. The Labute approximate surface area is 209 Å². The number of aromatic nitrogens is 3. The number of carbonyl (C=O) groups excluding carboxylic acids is 2. The normalized spacial score (nSPS) is 11.6. The first-order chi connectivity index (χ1) is 16.2. The van der Waals surface area contributed by atoms with Crippen molar-refractivity contribution in [2.45, 2.75) is 31.6 Å². The van der Waals surface area contributed by atoms with E-state index in [1.165, 1.54) is 30.0 Å². The fourth-order valence-corrected chi connectivity index (χ4v) is 4.40. The molecule has 0 bridgehead atoms. The van der Waals surface area contributed by atoms with Crippen molar-refractivity contribution in [1.29, 1.82) is 0 Å². The Balaban J connectivity index is 1.64. The number of amides is 2. The molecule has 12 heteroatoms. The number of thioether (sulfide) groups is 1. The molecule has 1 atom stereocenters. The van der Waals surface area contributed by atoms with Crippen LogP contribution in [0, 0.1) is 0 Å². The van der Waals surface area contributed by atoms with Crippen LogP contribution in [0.2, 0.25) is 10.0 Å². The molecule has 1 aromatic heterocycles. The lowest BCUT2D eigenvalue weighted by Gasteiger charge is -2.15. The minimum atomic E-state index is -1.08. The van der Waals surface area contributed by atoms with Crippen LogP contribution in [0.3, 0.4) is 0 Å². The number of anilines is 1. The maximum atomic E-state index is 12.6. The maximum absolute atomic E-state index is 12.6. The summed E-state index contributed by atoms with van der Waals surface area (Å²) in [6.45, 7) is 4.20. The van der Waals surface area contributed by atoms with Gasteiger partial charge >= 0.3 is 5.97 Å². The minimum absolute atomic E-state index is 0.0382. The first-order valence-corrected chi connectivity index (χ1v) is 11.9. The summed E-state index contributed by atoms with van der Waals surface area (Å²) >= 11 is 13.2. The molecule has 0 saturated heterocycles. The smallest absolute Gasteiger partial charge is 0.335 e. The van der Waals surface area contributed by atoms with Gasteiger partial charge in [0, 0.05) is 17.3 Å². The van der Waals surface area contributed by atoms with Crippen LogP contribution in [0.1, 0.15) is 46.4 Å². The van der Waals surface area contributed by atoms with E-state index in [0.717, 1.165) is 0 Å². The van der Waals surface area contributed by atoms with Gasteiger partial charge in [0.1, 0.15) is 0 Å². The number of nitrogens with zero attached hydrogens (tertiary/aromatic N) is 3. The summed E-state index contributed by atoms with van der Waals surface area (Å²) in [6.07, 6.45) is 0. The number of hydrogen-bond acceptors (Lipinski definition) is 6. The average molecular weight is 522 g/mol. The molecule has 0 radical (unpaired) electrons. The maximum Gasteiger partial charge on any atom is 0.335 e. The molecular formula is C22H21Cl2N5O4S. The van der Waals surface area contributed by atoms with Crippen LogP contribution in [-0.4, -0.2) is 43.4 Å². The Bertz CT molecular complexity index is 1230. The molecule has 0 fully saturated rings. The Morgan fingerprint density at radius 2 is 1.91 bits per heavy atom. The molecule has 3 aromatic rings. The zero-order chi connectivity index (χ0) is 24.8. The third-order valence-corrected chi connectivity index (χ3v) is 6.21. The van der Waals surface area contributed by atoms with E-state index in [2.05, 4.69) is 20.8 Å². The number of carbonyl (C=O) groups is 3. The standard InChI is InChI=1S/C22H21Cl2N5O4S/c1-3-29-19(12(2)25-20(31)16-8-7-14(23)10-17(16)24)27-28-22(29)34-11-18(30)26-15-6-4-5-13(9-15)21(32)33/h4-10,12H,3,11H2,1-2H3,(H,25,31)(H,26,30)(H,32,33)/t12-/m1/s1. The van der Waals surface area contributed by atoms with Gasteiger partial charge in [0.2, 0.25) is 5.91 Å². The minimum Gasteiger partial charge on any atom is -0.478 e. The van der Waals surface area contributed by atoms with Crippen molar-refractivity contribution in [2.75, 3.05) is 11.1 Å². The van der Waals surface area contributed by atoms with E-state index in [9.17, 15) is 14.4 Å². The molecular weight excluding hydrogens is 501 g/mol. The van der Waals surface area contributed by atoms with Crippen molar-refractivity contribution < 1.29 is 19.5 Å². The van der Waals surface area contributed by atoms with Crippen LogP contribution in [0.15, 0.2) is 47.6 Å². The quantitative estimate of drug-likeness (QED) is 0.353. The van der Waals surface area contributed by atoms with Gasteiger partial charge in [-0.2, -0.15) is 0 Å². The summed E-state index contributed by atoms with van der Waals surface area (Å²) in [7, 11) is 0. The lowest BCUT2D eigenvalue weighted by atomic mass is 10.2. The molecule has 0 saturated carbocycles. The lowest BCUT2D eigenvalue weighted by Crippen LogP contribution is -2.29. The fraction of sp³-hybridized carbons (Fsp3) is 0.227. The van der Waals surface area contributed by atoms with E-state index in [0.29, 0.717) is 33.8 Å². The number of carboxylic acid groups (broad SMARTS) is 1. The van der Waals surface area contributed by atoms with E-state index < -0.39 is 12.0 Å². The molecule has 0 aliphatic rings. The second kappa shape index (κ2) is 11.4. The number of benzene rings is 2. The zero-order valence-corrected chi connectivity index (χ0v) is 20.5. The molecule has 34 heavy (non-hydrogen) atoms. The molecule has 3 rings (SSSR count). The summed E-state index contributed by atoms with van der Waals surface area (Å²) in [5, 5.41) is 24.1. The number of rotatable bonds is 9. The summed E-state index contributed by atoms with van der Waals surface area (Å²) in [5.41, 5.74) is 0.760. The van der Waals surface area contributed by atoms with Gasteiger partial charge in [-0.15, -0.1) is 10.2 Å². The molecule has 0 aliphatic carbocycles. The van der Waals surface area contributed by atoms with Gasteiger partial charge in [-0.05, 0) is 50.2 Å². The van der Waals surface area contributed by atoms with Crippen molar-refractivity contribution in [2.24, 2.45) is 0 Å². The van der Waals surface area contributed by atoms with Gasteiger partial charge in [0.05, 0.1) is 27.9 Å². The van der Waals surface area contributed by atoms with Crippen LogP contribution in [0.4, 0.5) is 5.69 Å². The predicted octanol–water partition coefficient (Wildman–Crippen LogP) is 4.52. The highest BCUT2D eigenvalue weighted by Gasteiger charge is 2.21. The third kappa shape index (κ3) is 6.28. The molecule has 178 valence electrons. The molecule has 2 amide bonds. The van der Waals surface area contributed by atoms with Crippen LogP contribution in [0.25, 0.3) is 0 Å². The van der Waals surface area contributed by atoms with E-state index in [1.54, 1.807) is 35.8 Å². The van der Waals surface area contributed by atoms with Crippen molar-refractivity contribution in [3.05, 3.63) is 69.5 Å². The SMILES string of the molecule is CCn1c(SCC(=O)Nc2cccc(C(=O)O)c2)nnc1[C@@H](C)NC(=O)c1ccc(Cl)cc1Cl. The second-order valence-corrected chi connectivity index (χ2v) is 8.91. The second-order valence-electron chi connectivity index (χ2n) is 7.13. The Morgan fingerprint density at radius 3 is 2.59 bits per heavy atom. The highest BCUT2D eigenvalue weighted by atomic mass is 35.5. The van der Waals surface area contributed by atoms with E-state index in [4.69, 9.17) is 28.3 Å². The topological polar surface area (TPSA) is 126 Å². The predicted molar refractivity (Wildman–Crippen MR) is 131 cm³/mol. The van der Waals surface area contributed by atoms with Crippen molar-refractivity contribution in [3.63, 3.8) is 0 Å². The van der Waals surface area contributed by atoms with Crippen LogP contribution < -0.4 is 10.6 Å². The number of halogens is 2. The van der Waals surface area contributed by atoms with Crippen molar-refractivity contribution >= 4 is 58.4 Å². The van der Waals surface area contributed by atoms with Crippen molar-refractivity contribution in [3.8, 4) is 0 Å². The number of nitrogens with one attached hydrogen (secondary N) is 2. The third-order valence-electron chi connectivity index (χ3n) is 4.70. The average Bonchev–Trinajstić information content (AvgIpc) is 3.20. The van der Waals surface area contributed by atoms with Gasteiger partial charge < -0.3 is 20.3 Å². The van der Waals surface area contributed by atoms with Crippen LogP contribution in [-0.2, 0) is 11.3 Å². The van der Waals surface area contributed by atoms with E-state index >= 15 is 0 Å². The molecule has 2 aromatic carbocycles. The van der Waals surface area contributed by atoms with Gasteiger partial charge in [0.15, 0.2) is 11.0 Å². The molecule has 3 N–H and O–H groups in total. The van der Waals surface area contributed by atoms with Gasteiger partial charge in [-0.1, -0.05) is 41.0 Å². The fourth-order valence-electron chi connectivity index (χ4n) is 3.09. The molecule has 0 aliphatic heterocycles. The summed E-state index contributed by atoms with van der Waals surface area (Å²) in [5.74, 6) is -1.21. The van der Waals surface area contributed by atoms with Crippen LogP contribution in [0.5, 0.6) is 0 Å². The number of hydrogen-bond donors (Lipinski definition) is 3. The lowest BCUT2D eigenvalue weighted by molar-refractivity contribution is -0.113. The summed E-state index contributed by atoms with van der Waals surface area (Å²) in [6, 6.07) is 10.1. The Kier molecular flexibility index (Phi) is 8.54. The van der Waals surface area contributed by atoms with E-state index in [1.807, 2.05) is 6.92 Å². The molecule has 9 nitrogen and oxygen atoms in total. The number of carboxylic acids is 1. The van der Waals surface area contributed by atoms with Gasteiger partial charge in [0.25, 0.3) is 5.91 Å². The van der Waals surface area contributed by atoms with Crippen molar-refractivity contribution in [1.82, 2.24) is 20.1 Å². The van der Waals surface area contributed by atoms with Gasteiger partial charge in [-0.3, -0.25) is 9.59 Å². The summed E-state index contributed by atoms with van der Waals surface area (Å²) < 4.78 is 1.80. The highest BCUT2D eigenvalue weighted by Crippen LogP contribution is 2.24.